The van der Waals surface area contributed by atoms with Crippen molar-refractivity contribution in [2.75, 3.05) is 0 Å². The molecule has 0 atom stereocenters. The molecule has 0 bridgehead atoms. The maximum atomic E-state index is 13.8. The number of carboxylic acid groups (broad SMARTS) is 1. The van der Waals surface area contributed by atoms with Crippen LogP contribution in [0.2, 0.25) is 10.3 Å². The number of carbonyl (C=O) groups is 2. The summed E-state index contributed by atoms with van der Waals surface area (Å²) >= 11 is 12.9. The third kappa shape index (κ3) is 3.73. The first-order valence-corrected chi connectivity index (χ1v) is 7.79. The maximum absolute atomic E-state index is 13.8. The van der Waals surface area contributed by atoms with Crippen LogP contribution in [0.1, 0.15) is 37.0 Å². The fourth-order valence-corrected chi connectivity index (χ4v) is 3.37. The minimum absolute atomic E-state index is 0.145. The first-order chi connectivity index (χ1) is 9.76. The van der Waals surface area contributed by atoms with Gasteiger partial charge in [0, 0.05) is 0 Å². The van der Waals surface area contributed by atoms with Gasteiger partial charge in [0.25, 0.3) is 0 Å². The summed E-state index contributed by atoms with van der Waals surface area (Å²) in [4.78, 5) is 27.4. The lowest BCUT2D eigenvalue weighted by atomic mass is 9.96. The number of Topliss-reactive ketones (excluding diaryl/α,β-unsaturated/α-hetero) is 1. The van der Waals surface area contributed by atoms with E-state index >= 15 is 0 Å². The lowest BCUT2D eigenvalue weighted by molar-refractivity contribution is -0.132. The Morgan fingerprint density at radius 3 is 2.19 bits per heavy atom. The third-order valence-corrected chi connectivity index (χ3v) is 4.41. The molecule has 1 N–H and O–H groups in total. The number of hydrogen-bond donors (Lipinski definition) is 1. The molecule has 21 heavy (non-hydrogen) atoms. The van der Waals surface area contributed by atoms with E-state index in [1.54, 1.807) is 36.4 Å². The van der Waals surface area contributed by atoms with Crippen LogP contribution in [0.25, 0.3) is 0 Å². The molecule has 0 radical (unpaired) electrons. The zero-order chi connectivity index (χ0) is 16.3. The Morgan fingerprint density at radius 1 is 1.24 bits per heavy atom. The van der Waals surface area contributed by atoms with Crippen molar-refractivity contribution in [3.8, 4) is 0 Å². The Hall–Kier alpha value is -0.730. The zero-order valence-corrected chi connectivity index (χ0v) is 14.8. The molecule has 0 aliphatic carbocycles. The molecule has 0 spiro atoms. The summed E-state index contributed by atoms with van der Waals surface area (Å²) in [6, 6.07) is 0. The van der Waals surface area contributed by atoms with E-state index in [1.807, 2.05) is 0 Å². The van der Waals surface area contributed by atoms with Crippen LogP contribution in [-0.4, -0.2) is 21.8 Å². The highest BCUT2D eigenvalue weighted by molar-refractivity contribution is 14.1. The van der Waals surface area contributed by atoms with Gasteiger partial charge in [0.05, 0.1) is 9.13 Å². The van der Waals surface area contributed by atoms with E-state index in [2.05, 4.69) is 4.98 Å². The first-order valence-electron chi connectivity index (χ1n) is 5.96. The van der Waals surface area contributed by atoms with E-state index < -0.39 is 28.3 Å². The molecule has 114 valence electrons. The molecule has 0 fully saturated rings. The lowest BCUT2D eigenvalue weighted by Gasteiger charge is -2.11. The second-order valence-corrected chi connectivity index (χ2v) is 5.81. The number of halogens is 4. The van der Waals surface area contributed by atoms with Crippen molar-refractivity contribution in [1.82, 2.24) is 4.98 Å². The van der Waals surface area contributed by atoms with Gasteiger partial charge in [-0.1, -0.05) is 42.6 Å². The molecule has 4 nitrogen and oxygen atoms in total. The summed E-state index contributed by atoms with van der Waals surface area (Å²) < 4.78 is 13.6. The van der Waals surface area contributed by atoms with Crippen LogP contribution in [0.3, 0.4) is 0 Å². The Labute approximate surface area is 144 Å². The number of ketones is 1. The monoisotopic (exact) mass is 445 g/mol. The van der Waals surface area contributed by atoms with E-state index in [-0.39, 0.29) is 14.3 Å². The highest BCUT2D eigenvalue weighted by Gasteiger charge is 2.29. The van der Waals surface area contributed by atoms with Crippen molar-refractivity contribution >= 4 is 57.5 Å². The molecule has 0 unspecified atom stereocenters. The van der Waals surface area contributed by atoms with Crippen LogP contribution in [0.4, 0.5) is 4.39 Å². The number of pyridine rings is 1. The molecule has 0 saturated heterocycles. The quantitative estimate of drug-likeness (QED) is 0.181. The number of carbonyl (C=O) groups excluding carboxylic acids is 1. The summed E-state index contributed by atoms with van der Waals surface area (Å²) in [5, 5.41) is 8.50. The molecule has 0 amide bonds. The van der Waals surface area contributed by atoms with E-state index in [0.717, 1.165) is 0 Å². The van der Waals surface area contributed by atoms with E-state index in [1.165, 1.54) is 0 Å². The van der Waals surface area contributed by atoms with Crippen molar-refractivity contribution in [2.45, 2.75) is 26.7 Å². The fraction of sp³-hybridized carbons (Fsp3) is 0.308. The molecule has 1 aromatic heterocycles. The first kappa shape index (κ1) is 18.3. The smallest absolute Gasteiger partial charge is 0.339 e. The fourth-order valence-electron chi connectivity index (χ4n) is 1.81. The largest absolute Gasteiger partial charge is 0.478 e. The molecule has 1 aromatic rings. The van der Waals surface area contributed by atoms with Crippen LogP contribution in [0, 0.1) is 9.39 Å². The van der Waals surface area contributed by atoms with Gasteiger partial charge in [0.2, 0.25) is 5.78 Å². The predicted molar refractivity (Wildman–Crippen MR) is 86.5 cm³/mol. The topological polar surface area (TPSA) is 67.3 Å². The molecule has 0 aliphatic rings. The summed E-state index contributed by atoms with van der Waals surface area (Å²) in [6.45, 7) is 3.48. The second kappa shape index (κ2) is 7.51. The minimum atomic E-state index is -1.37. The highest BCUT2D eigenvalue weighted by Crippen LogP contribution is 2.30. The SMILES string of the molecule is CCC(CC)=C(C(=O)O)C(=O)c1c(Cl)nc(Cl)c(F)c1I. The van der Waals surface area contributed by atoms with Crippen LogP contribution in [-0.2, 0) is 4.79 Å². The molecule has 0 aromatic carbocycles. The van der Waals surface area contributed by atoms with E-state index in [9.17, 15) is 19.1 Å². The van der Waals surface area contributed by atoms with Crippen LogP contribution < -0.4 is 0 Å². The number of nitrogens with zero attached hydrogens (tertiary/aromatic N) is 1. The van der Waals surface area contributed by atoms with Crippen molar-refractivity contribution in [3.05, 3.63) is 36.4 Å². The van der Waals surface area contributed by atoms with Crippen molar-refractivity contribution < 1.29 is 19.1 Å². The van der Waals surface area contributed by atoms with Gasteiger partial charge in [-0.15, -0.1) is 0 Å². The average molecular weight is 446 g/mol. The van der Waals surface area contributed by atoms with Crippen LogP contribution in [0.15, 0.2) is 11.1 Å². The van der Waals surface area contributed by atoms with Gasteiger partial charge in [0.1, 0.15) is 10.7 Å². The Balaban J connectivity index is 3.61. The van der Waals surface area contributed by atoms with Gasteiger partial charge in [0.15, 0.2) is 11.0 Å². The Bertz CT molecular complexity index is 641. The molecule has 1 rings (SSSR count). The summed E-state index contributed by atoms with van der Waals surface area (Å²) in [5.74, 6) is -3.14. The van der Waals surface area contributed by atoms with Gasteiger partial charge >= 0.3 is 5.97 Å². The molecule has 0 saturated carbocycles. The second-order valence-electron chi connectivity index (χ2n) is 4.02. The molecule has 8 heteroatoms. The Kier molecular flexibility index (Phi) is 6.55. The van der Waals surface area contributed by atoms with Crippen molar-refractivity contribution in [3.63, 3.8) is 0 Å². The maximum Gasteiger partial charge on any atom is 0.339 e. The number of carboxylic acids is 1. The zero-order valence-electron chi connectivity index (χ0n) is 11.1. The third-order valence-electron chi connectivity index (χ3n) is 2.87. The van der Waals surface area contributed by atoms with Crippen LogP contribution >= 0.6 is 45.8 Å². The normalized spacial score (nSPS) is 10.4. The molecular formula is C13H11Cl2FINO3. The van der Waals surface area contributed by atoms with Gasteiger partial charge in [-0.2, -0.15) is 0 Å². The molecule has 1 heterocycles. The number of hydrogen-bond acceptors (Lipinski definition) is 3. The van der Waals surface area contributed by atoms with Gasteiger partial charge < -0.3 is 5.11 Å². The van der Waals surface area contributed by atoms with Crippen molar-refractivity contribution in [2.24, 2.45) is 0 Å². The van der Waals surface area contributed by atoms with E-state index in [4.69, 9.17) is 23.2 Å². The number of aliphatic carboxylic acids is 1. The van der Waals surface area contributed by atoms with Gasteiger partial charge in [-0.25, -0.2) is 14.2 Å². The standard InChI is InChI=1S/C13H11Cl2FINO3/c1-3-5(4-2)6(13(20)21)10(19)7-9(17)8(16)12(15)18-11(7)14/h3-4H2,1-2H3,(H,20,21). The summed E-state index contributed by atoms with van der Waals surface area (Å²) in [5.41, 5.74) is -0.228. The van der Waals surface area contributed by atoms with Gasteiger partial charge in [-0.05, 0) is 35.4 Å². The van der Waals surface area contributed by atoms with E-state index in [0.29, 0.717) is 18.4 Å². The predicted octanol–water partition coefficient (Wildman–Crippen LogP) is 4.52. The number of aromatic nitrogens is 1. The Morgan fingerprint density at radius 2 is 1.76 bits per heavy atom. The number of allylic oxidation sites excluding steroid dienone is 1. The molecular weight excluding hydrogens is 435 g/mol. The molecule has 0 aliphatic heterocycles. The summed E-state index contributed by atoms with van der Waals surface area (Å²) in [6.07, 6.45) is 0.781. The lowest BCUT2D eigenvalue weighted by Crippen LogP contribution is -2.18. The minimum Gasteiger partial charge on any atom is -0.478 e. The number of rotatable bonds is 5. The summed E-state index contributed by atoms with van der Waals surface area (Å²) in [7, 11) is 0. The van der Waals surface area contributed by atoms with Crippen molar-refractivity contribution in [1.29, 1.82) is 0 Å². The van der Waals surface area contributed by atoms with Gasteiger partial charge in [-0.3, -0.25) is 4.79 Å². The van der Waals surface area contributed by atoms with Crippen LogP contribution in [0.5, 0.6) is 0 Å². The average Bonchev–Trinajstić information content (AvgIpc) is 2.41. The highest BCUT2D eigenvalue weighted by atomic mass is 127.